The van der Waals surface area contributed by atoms with Crippen molar-refractivity contribution in [3.05, 3.63) is 70.3 Å². The van der Waals surface area contributed by atoms with Crippen LogP contribution in [0.2, 0.25) is 0 Å². The number of likely N-dealkylation sites (tertiary alicyclic amines) is 2. The third-order valence-corrected chi connectivity index (χ3v) is 9.57. The van der Waals surface area contributed by atoms with Gasteiger partial charge in [0.15, 0.2) is 0 Å². The van der Waals surface area contributed by atoms with E-state index in [2.05, 4.69) is 9.71 Å². The van der Waals surface area contributed by atoms with Gasteiger partial charge >= 0.3 is 0 Å². The van der Waals surface area contributed by atoms with Crippen LogP contribution >= 0.6 is 0 Å². The molecule has 6 rings (SSSR count). The first-order chi connectivity index (χ1) is 18.7. The molecule has 204 valence electrons. The molecule has 1 aromatic carbocycles. The molecular formula is C28H31N5O5S. The van der Waals surface area contributed by atoms with Crippen molar-refractivity contribution >= 4 is 32.7 Å². The second-order valence-electron chi connectivity index (χ2n) is 10.9. The Kier molecular flexibility index (Phi) is 6.50. The molecule has 2 amide bonds. The maximum absolute atomic E-state index is 13.3. The SMILES string of the molecule is Cc1ccc2cc(S(=O)(=O)N[C@H]3CCCN(CC(=O)N4C[C@H]5C[C@@H](C4)c4cccc(=O)n4C5)C3=O)ccc2n1. The fourth-order valence-corrected chi connectivity index (χ4v) is 7.46. The molecule has 3 aliphatic rings. The minimum absolute atomic E-state index is 0.00941. The lowest BCUT2D eigenvalue weighted by Crippen LogP contribution is -2.56. The molecule has 3 aliphatic heterocycles. The number of rotatable bonds is 5. The van der Waals surface area contributed by atoms with Crippen LogP contribution in [0.25, 0.3) is 10.9 Å². The van der Waals surface area contributed by atoms with Crippen molar-refractivity contribution in [3.8, 4) is 0 Å². The Morgan fingerprint density at radius 3 is 2.77 bits per heavy atom. The van der Waals surface area contributed by atoms with Crippen molar-refractivity contribution in [1.82, 2.24) is 24.1 Å². The molecule has 5 heterocycles. The summed E-state index contributed by atoms with van der Waals surface area (Å²) in [4.78, 5) is 46.6. The first kappa shape index (κ1) is 25.7. The van der Waals surface area contributed by atoms with Gasteiger partial charge in [-0.15, -0.1) is 0 Å². The van der Waals surface area contributed by atoms with Crippen LogP contribution in [0.1, 0.15) is 36.6 Å². The van der Waals surface area contributed by atoms with Crippen molar-refractivity contribution in [3.63, 3.8) is 0 Å². The van der Waals surface area contributed by atoms with E-state index in [4.69, 9.17) is 0 Å². The van der Waals surface area contributed by atoms with Crippen molar-refractivity contribution in [2.24, 2.45) is 5.92 Å². The maximum atomic E-state index is 13.3. The van der Waals surface area contributed by atoms with E-state index in [1.54, 1.807) is 29.2 Å². The zero-order chi connectivity index (χ0) is 27.3. The van der Waals surface area contributed by atoms with Crippen molar-refractivity contribution < 1.29 is 18.0 Å². The topological polar surface area (TPSA) is 122 Å². The van der Waals surface area contributed by atoms with Crippen LogP contribution in [0.4, 0.5) is 0 Å². The number of pyridine rings is 2. The summed E-state index contributed by atoms with van der Waals surface area (Å²) in [5.41, 5.74) is 2.49. The average Bonchev–Trinajstić information content (AvgIpc) is 2.91. The molecule has 0 radical (unpaired) electrons. The van der Waals surface area contributed by atoms with Crippen LogP contribution < -0.4 is 10.3 Å². The number of carbonyl (C=O) groups excluding carboxylic acids is 2. The maximum Gasteiger partial charge on any atom is 0.250 e. The van der Waals surface area contributed by atoms with Crippen LogP contribution in [0.15, 0.2) is 58.2 Å². The van der Waals surface area contributed by atoms with Gasteiger partial charge in [0, 0.05) is 54.9 Å². The summed E-state index contributed by atoms with van der Waals surface area (Å²) in [6.07, 6.45) is 1.90. The minimum atomic E-state index is -3.96. The van der Waals surface area contributed by atoms with E-state index in [0.29, 0.717) is 49.9 Å². The highest BCUT2D eigenvalue weighted by atomic mass is 32.2. The van der Waals surface area contributed by atoms with Crippen LogP contribution in [-0.2, 0) is 26.2 Å². The number of benzene rings is 1. The number of sulfonamides is 1. The predicted octanol–water partition coefficient (Wildman–Crippen LogP) is 1.62. The highest BCUT2D eigenvalue weighted by Crippen LogP contribution is 2.35. The molecule has 39 heavy (non-hydrogen) atoms. The third-order valence-electron chi connectivity index (χ3n) is 8.10. The highest BCUT2D eigenvalue weighted by Gasteiger charge is 2.38. The quantitative estimate of drug-likeness (QED) is 0.516. The summed E-state index contributed by atoms with van der Waals surface area (Å²) < 4.78 is 30.7. The molecule has 11 heteroatoms. The summed E-state index contributed by atoms with van der Waals surface area (Å²) in [7, 11) is -3.96. The molecule has 2 aromatic heterocycles. The van der Waals surface area contributed by atoms with Gasteiger partial charge in [-0.25, -0.2) is 8.42 Å². The van der Waals surface area contributed by atoms with E-state index < -0.39 is 16.1 Å². The van der Waals surface area contributed by atoms with E-state index in [-0.39, 0.29) is 40.6 Å². The van der Waals surface area contributed by atoms with Crippen molar-refractivity contribution in [1.29, 1.82) is 0 Å². The Labute approximate surface area is 226 Å². The Morgan fingerprint density at radius 1 is 1.08 bits per heavy atom. The van der Waals surface area contributed by atoms with Gasteiger partial charge in [0.1, 0.15) is 6.04 Å². The normalized spacial score (nSPS) is 23.1. The highest BCUT2D eigenvalue weighted by molar-refractivity contribution is 7.89. The number of nitrogens with one attached hydrogen (secondary N) is 1. The van der Waals surface area contributed by atoms with Gasteiger partial charge in [-0.1, -0.05) is 12.1 Å². The minimum Gasteiger partial charge on any atom is -0.340 e. The molecule has 1 N–H and O–H groups in total. The number of hydrogen-bond donors (Lipinski definition) is 1. The van der Waals surface area contributed by atoms with Gasteiger partial charge in [0.2, 0.25) is 21.8 Å². The van der Waals surface area contributed by atoms with Crippen molar-refractivity contribution in [2.75, 3.05) is 26.2 Å². The Bertz CT molecular complexity index is 1630. The van der Waals surface area contributed by atoms with Gasteiger partial charge in [0.05, 0.1) is 17.0 Å². The summed E-state index contributed by atoms with van der Waals surface area (Å²) in [6, 6.07) is 12.7. The molecule has 2 bridgehead atoms. The number of hydrogen-bond acceptors (Lipinski definition) is 6. The monoisotopic (exact) mass is 549 g/mol. The average molecular weight is 550 g/mol. The number of aryl methyl sites for hydroxylation is 1. The molecule has 2 saturated heterocycles. The van der Waals surface area contributed by atoms with Crippen LogP contribution in [0.3, 0.4) is 0 Å². The number of aromatic nitrogens is 2. The largest absolute Gasteiger partial charge is 0.340 e. The van der Waals surface area contributed by atoms with Gasteiger partial charge in [-0.3, -0.25) is 19.4 Å². The summed E-state index contributed by atoms with van der Waals surface area (Å²) in [5, 5.41) is 0.699. The molecule has 0 aliphatic carbocycles. The number of carbonyl (C=O) groups is 2. The summed E-state index contributed by atoms with van der Waals surface area (Å²) >= 11 is 0. The summed E-state index contributed by atoms with van der Waals surface area (Å²) in [6.45, 7) is 3.83. The zero-order valence-corrected chi connectivity index (χ0v) is 22.6. The van der Waals surface area contributed by atoms with Gasteiger partial charge in [-0.2, -0.15) is 4.72 Å². The summed E-state index contributed by atoms with van der Waals surface area (Å²) in [5.74, 6) is -0.248. The standard InChI is InChI=1S/C28H31N5O5S/c1-18-7-8-20-13-22(9-10-23(20)29-18)39(37,38)30-24-4-3-11-31(28(24)36)17-27(35)32-14-19-12-21(16-32)25-5-2-6-26(34)33(25)15-19/h2,5-10,13,19,21,24,30H,3-4,11-12,14-17H2,1H3/t19-,21+,24+/m1/s1. The van der Waals surface area contributed by atoms with Gasteiger partial charge < -0.3 is 14.4 Å². The lowest BCUT2D eigenvalue weighted by Gasteiger charge is -2.43. The van der Waals surface area contributed by atoms with Gasteiger partial charge in [-0.05, 0) is 62.4 Å². The number of piperidine rings is 2. The van der Waals surface area contributed by atoms with E-state index in [1.807, 2.05) is 29.7 Å². The smallest absolute Gasteiger partial charge is 0.250 e. The lowest BCUT2D eigenvalue weighted by atomic mass is 9.83. The second kappa shape index (κ2) is 9.87. The van der Waals surface area contributed by atoms with Crippen molar-refractivity contribution in [2.45, 2.75) is 49.6 Å². The molecule has 10 nitrogen and oxygen atoms in total. The number of amides is 2. The Balaban J connectivity index is 1.13. The first-order valence-electron chi connectivity index (χ1n) is 13.3. The zero-order valence-electron chi connectivity index (χ0n) is 21.7. The Hall–Kier alpha value is -3.57. The van der Waals surface area contributed by atoms with Crippen LogP contribution in [-0.4, -0.2) is 71.8 Å². The van der Waals surface area contributed by atoms with E-state index in [1.165, 1.54) is 11.0 Å². The van der Waals surface area contributed by atoms with Crippen LogP contribution in [0, 0.1) is 12.8 Å². The van der Waals surface area contributed by atoms with E-state index >= 15 is 0 Å². The fraction of sp³-hybridized carbons (Fsp3) is 0.429. The van der Waals surface area contributed by atoms with Gasteiger partial charge in [0.25, 0.3) is 5.56 Å². The van der Waals surface area contributed by atoms with E-state index in [0.717, 1.165) is 17.8 Å². The molecule has 2 fully saturated rings. The fourth-order valence-electron chi connectivity index (χ4n) is 6.20. The second-order valence-corrected chi connectivity index (χ2v) is 12.6. The molecule has 0 unspecified atom stereocenters. The van der Waals surface area contributed by atoms with Crippen LogP contribution in [0.5, 0.6) is 0 Å². The molecule has 3 atom stereocenters. The first-order valence-corrected chi connectivity index (χ1v) is 14.8. The predicted molar refractivity (Wildman–Crippen MR) is 145 cm³/mol. The lowest BCUT2D eigenvalue weighted by molar-refractivity contribution is -0.144. The molecular weight excluding hydrogens is 518 g/mol. The molecule has 3 aromatic rings. The molecule has 0 spiro atoms. The van der Waals surface area contributed by atoms with E-state index in [9.17, 15) is 22.8 Å². The number of fused-ring (bicyclic) bond motifs is 5. The Morgan fingerprint density at radius 2 is 1.92 bits per heavy atom. The molecule has 0 saturated carbocycles. The number of nitrogens with zero attached hydrogens (tertiary/aromatic N) is 4. The third kappa shape index (κ3) is 4.96.